The molecule has 1 aromatic heterocycles. The lowest BCUT2D eigenvalue weighted by Gasteiger charge is -2.61. The van der Waals surface area contributed by atoms with Crippen LogP contribution in [0.25, 0.3) is 0 Å². The highest BCUT2D eigenvalue weighted by Gasteiger charge is 2.57. The van der Waals surface area contributed by atoms with Gasteiger partial charge in [0.2, 0.25) is 5.91 Å². The second-order valence-corrected chi connectivity index (χ2v) is 11.7. The van der Waals surface area contributed by atoms with Crippen molar-refractivity contribution in [1.82, 2.24) is 14.8 Å². The second-order valence-electron chi connectivity index (χ2n) is 11.7. The summed E-state index contributed by atoms with van der Waals surface area (Å²) in [6, 6.07) is 9.34. The third-order valence-electron chi connectivity index (χ3n) is 9.14. The Kier molecular flexibility index (Phi) is 6.97. The number of likely N-dealkylation sites (tertiary alicyclic amines) is 1. The molecule has 38 heavy (non-hydrogen) atoms. The van der Waals surface area contributed by atoms with Gasteiger partial charge in [0.15, 0.2) is 6.04 Å². The van der Waals surface area contributed by atoms with Crippen molar-refractivity contribution in [2.45, 2.75) is 68.7 Å². The highest BCUT2D eigenvalue weighted by atomic mass is 19.4. The van der Waals surface area contributed by atoms with E-state index in [0.717, 1.165) is 30.8 Å². The molecular weight excluding hydrogens is 493 g/mol. The Bertz CT molecular complexity index is 1160. The normalized spacial score (nSPS) is 26.8. The molecule has 1 spiro atoms. The van der Waals surface area contributed by atoms with Crippen molar-refractivity contribution in [3.63, 3.8) is 0 Å². The number of hydrogen-bond acceptors (Lipinski definition) is 5. The van der Waals surface area contributed by atoms with Gasteiger partial charge in [0.1, 0.15) is 0 Å². The fourth-order valence-corrected chi connectivity index (χ4v) is 6.71. The van der Waals surface area contributed by atoms with E-state index in [2.05, 4.69) is 41.2 Å². The van der Waals surface area contributed by atoms with Gasteiger partial charge in [0, 0.05) is 50.2 Å². The van der Waals surface area contributed by atoms with Crippen LogP contribution in [0.2, 0.25) is 0 Å². The molecular formula is C29H37F3N4O2. The number of aromatic nitrogens is 1. The largest absolute Gasteiger partial charge is 0.414 e. The molecule has 2 aliphatic carbocycles. The van der Waals surface area contributed by atoms with Crippen LogP contribution in [0.15, 0.2) is 42.6 Å². The number of nitrogens with zero attached hydrogens (tertiary/aromatic N) is 3. The average molecular weight is 531 g/mol. The van der Waals surface area contributed by atoms with Crippen LogP contribution in [0.5, 0.6) is 0 Å². The van der Waals surface area contributed by atoms with Crippen LogP contribution >= 0.6 is 0 Å². The number of anilines is 1. The number of amides is 1. The van der Waals surface area contributed by atoms with Gasteiger partial charge in [0.25, 0.3) is 0 Å². The van der Waals surface area contributed by atoms with Crippen LogP contribution in [-0.2, 0) is 21.4 Å². The highest BCUT2D eigenvalue weighted by Crippen LogP contribution is 2.52. The van der Waals surface area contributed by atoms with Gasteiger partial charge in [-0.3, -0.25) is 14.7 Å². The predicted octanol–water partition coefficient (Wildman–Crippen LogP) is 4.96. The number of fused-ring (bicyclic) bond motifs is 1. The number of carbonyl (C=O) groups excluding carboxylic acids is 1. The molecule has 6 nitrogen and oxygen atoms in total. The standard InChI is InChI=1S/C29H37F3N4O2/c1-27(2)22-8-6-5-7-19(22)15-24(27)34-21-9-10-23(33-18-21)25(29(30,31)32)35(3)26(37)20-16-28(17-20)11-12-36(28)13-14-38-4/h5-10,18,20,24-25,34H,11-17H2,1-4H3/t20?,24?,25-,28?/m0/s1. The Balaban J connectivity index is 1.25. The highest BCUT2D eigenvalue weighted by molar-refractivity contribution is 5.80. The first kappa shape index (κ1) is 26.9. The molecule has 1 aliphatic heterocycles. The SMILES string of the molecule is COCCN1CCC12CC(C(=O)N(C)[C@@H](c1ccc(NC3Cc4ccccc4C3(C)C)cn1)C(F)(F)F)C2. The van der Waals surface area contributed by atoms with Crippen molar-refractivity contribution in [2.75, 3.05) is 39.2 Å². The smallest absolute Gasteiger partial charge is 0.383 e. The zero-order valence-corrected chi connectivity index (χ0v) is 22.5. The molecule has 5 rings (SSSR count). The average Bonchev–Trinajstić information content (AvgIpc) is 3.07. The third-order valence-corrected chi connectivity index (χ3v) is 9.14. The van der Waals surface area contributed by atoms with Crippen LogP contribution in [0.1, 0.15) is 56.0 Å². The summed E-state index contributed by atoms with van der Waals surface area (Å²) in [6.07, 6.45) is -0.179. The molecule has 1 saturated carbocycles. The Labute approximate surface area is 222 Å². The van der Waals surface area contributed by atoms with Gasteiger partial charge in [-0.2, -0.15) is 13.2 Å². The van der Waals surface area contributed by atoms with Crippen molar-refractivity contribution in [3.8, 4) is 0 Å². The van der Waals surface area contributed by atoms with Gasteiger partial charge in [-0.25, -0.2) is 0 Å². The number of nitrogens with one attached hydrogen (secondary N) is 1. The Morgan fingerprint density at radius 1 is 1.24 bits per heavy atom. The van der Waals surface area contributed by atoms with Crippen molar-refractivity contribution in [2.24, 2.45) is 5.92 Å². The molecule has 1 saturated heterocycles. The zero-order valence-electron chi connectivity index (χ0n) is 22.5. The maximum atomic E-state index is 14.2. The molecule has 206 valence electrons. The molecule has 2 aromatic rings. The van der Waals surface area contributed by atoms with E-state index in [9.17, 15) is 18.0 Å². The van der Waals surface area contributed by atoms with E-state index in [4.69, 9.17) is 4.74 Å². The fraction of sp³-hybridized carbons (Fsp3) is 0.586. The van der Waals surface area contributed by atoms with Crippen molar-refractivity contribution < 1.29 is 22.7 Å². The van der Waals surface area contributed by atoms with E-state index in [1.165, 1.54) is 30.4 Å². The molecule has 1 amide bonds. The maximum Gasteiger partial charge on any atom is 0.414 e. The molecule has 2 atom stereocenters. The summed E-state index contributed by atoms with van der Waals surface area (Å²) in [6.45, 7) is 6.68. The Morgan fingerprint density at radius 2 is 1.97 bits per heavy atom. The Hall–Kier alpha value is -2.65. The minimum atomic E-state index is -4.64. The predicted molar refractivity (Wildman–Crippen MR) is 140 cm³/mol. The van der Waals surface area contributed by atoms with Gasteiger partial charge in [-0.05, 0) is 48.9 Å². The molecule has 9 heteroatoms. The molecule has 0 bridgehead atoms. The number of carbonyl (C=O) groups is 1. The van der Waals surface area contributed by atoms with Crippen LogP contribution in [0.3, 0.4) is 0 Å². The van der Waals surface area contributed by atoms with Crippen LogP contribution in [-0.4, -0.2) is 72.3 Å². The first-order chi connectivity index (χ1) is 18.0. The van der Waals surface area contributed by atoms with E-state index in [0.29, 0.717) is 25.1 Å². The first-order valence-electron chi connectivity index (χ1n) is 13.3. The molecule has 1 aromatic carbocycles. The lowest BCUT2D eigenvalue weighted by atomic mass is 9.61. The van der Waals surface area contributed by atoms with Gasteiger partial charge in [0.05, 0.1) is 24.2 Å². The quantitative estimate of drug-likeness (QED) is 0.523. The van der Waals surface area contributed by atoms with Crippen LogP contribution in [0.4, 0.5) is 18.9 Å². The number of hydrogen-bond donors (Lipinski definition) is 1. The van der Waals surface area contributed by atoms with Crippen LogP contribution in [0, 0.1) is 5.92 Å². The van der Waals surface area contributed by atoms with Crippen molar-refractivity contribution >= 4 is 11.6 Å². The van der Waals surface area contributed by atoms with Crippen LogP contribution < -0.4 is 5.32 Å². The number of alkyl halides is 3. The summed E-state index contributed by atoms with van der Waals surface area (Å²) in [5.41, 5.74) is 2.87. The summed E-state index contributed by atoms with van der Waals surface area (Å²) in [4.78, 5) is 20.5. The van der Waals surface area contributed by atoms with E-state index >= 15 is 0 Å². The second kappa shape index (κ2) is 9.83. The van der Waals surface area contributed by atoms with Crippen molar-refractivity contribution in [1.29, 1.82) is 0 Å². The molecule has 2 fully saturated rings. The number of rotatable bonds is 8. The van der Waals surface area contributed by atoms with E-state index in [1.54, 1.807) is 13.2 Å². The summed E-state index contributed by atoms with van der Waals surface area (Å²) in [5.74, 6) is -0.867. The summed E-state index contributed by atoms with van der Waals surface area (Å²) in [7, 11) is 2.90. The van der Waals surface area contributed by atoms with Gasteiger partial charge in [-0.15, -0.1) is 0 Å². The first-order valence-corrected chi connectivity index (χ1v) is 13.3. The lowest BCUT2D eigenvalue weighted by Crippen LogP contribution is -2.68. The summed E-state index contributed by atoms with van der Waals surface area (Å²) < 4.78 is 47.9. The number of ether oxygens (including phenoxy) is 1. The van der Waals surface area contributed by atoms with Crippen molar-refractivity contribution in [3.05, 3.63) is 59.4 Å². The number of pyridine rings is 1. The summed E-state index contributed by atoms with van der Waals surface area (Å²) >= 11 is 0. The zero-order chi connectivity index (χ0) is 27.3. The Morgan fingerprint density at radius 3 is 2.55 bits per heavy atom. The third kappa shape index (κ3) is 4.68. The topological polar surface area (TPSA) is 57.7 Å². The monoisotopic (exact) mass is 530 g/mol. The van der Waals surface area contributed by atoms with Gasteiger partial charge >= 0.3 is 6.18 Å². The van der Waals surface area contributed by atoms with E-state index in [-0.39, 0.29) is 22.7 Å². The number of benzene rings is 1. The summed E-state index contributed by atoms with van der Waals surface area (Å²) in [5, 5.41) is 3.47. The minimum Gasteiger partial charge on any atom is -0.383 e. The lowest BCUT2D eigenvalue weighted by molar-refractivity contribution is -0.197. The number of methoxy groups -OCH3 is 1. The molecule has 2 heterocycles. The fourth-order valence-electron chi connectivity index (χ4n) is 6.71. The van der Waals surface area contributed by atoms with Gasteiger partial charge < -0.3 is 15.0 Å². The van der Waals surface area contributed by atoms with E-state index < -0.39 is 24.0 Å². The molecule has 1 unspecified atom stereocenters. The number of halogens is 3. The maximum absolute atomic E-state index is 14.2. The minimum absolute atomic E-state index is 0.0489. The molecule has 0 radical (unpaired) electrons. The van der Waals surface area contributed by atoms with E-state index in [1.807, 2.05) is 12.1 Å². The molecule has 1 N–H and O–H groups in total. The molecule has 3 aliphatic rings. The van der Waals surface area contributed by atoms with Gasteiger partial charge in [-0.1, -0.05) is 38.1 Å².